The first-order chi connectivity index (χ1) is 15.1. The van der Waals surface area contributed by atoms with Gasteiger partial charge in [-0.2, -0.15) is 0 Å². The van der Waals surface area contributed by atoms with E-state index in [9.17, 15) is 4.79 Å². The summed E-state index contributed by atoms with van der Waals surface area (Å²) < 4.78 is 7.07. The van der Waals surface area contributed by atoms with E-state index in [2.05, 4.69) is 51.0 Å². The Morgan fingerprint density at radius 2 is 1.90 bits per heavy atom. The minimum absolute atomic E-state index is 0.0612. The lowest BCUT2D eigenvalue weighted by Crippen LogP contribution is -2.31. The molecule has 0 bridgehead atoms. The van der Waals surface area contributed by atoms with E-state index >= 15 is 0 Å². The van der Waals surface area contributed by atoms with Crippen LogP contribution >= 0.6 is 12.2 Å². The van der Waals surface area contributed by atoms with E-state index in [1.165, 1.54) is 7.11 Å². The van der Waals surface area contributed by atoms with Crippen molar-refractivity contribution in [3.63, 3.8) is 0 Å². The molecule has 0 amide bonds. The molecular weight excluding hydrogens is 408 g/mol. The van der Waals surface area contributed by atoms with Gasteiger partial charge >= 0.3 is 5.97 Å². The molecule has 0 unspecified atom stereocenters. The first-order valence-electron chi connectivity index (χ1n) is 10.4. The lowest BCUT2D eigenvalue weighted by Gasteiger charge is -2.29. The number of para-hydroxylation sites is 1. The van der Waals surface area contributed by atoms with Crippen LogP contribution in [-0.4, -0.2) is 39.2 Å². The first kappa shape index (κ1) is 21.1. The van der Waals surface area contributed by atoms with Crippen molar-refractivity contribution in [1.29, 1.82) is 0 Å². The maximum Gasteiger partial charge on any atom is 0.305 e. The van der Waals surface area contributed by atoms with Crippen LogP contribution in [0.5, 0.6) is 0 Å². The summed E-state index contributed by atoms with van der Waals surface area (Å²) in [5, 5.41) is 4.14. The second-order valence-electron chi connectivity index (χ2n) is 7.57. The number of nitrogens with zero attached hydrogens (tertiary/aromatic N) is 3. The number of hydrogen-bond donors (Lipinski definition) is 1. The molecule has 0 spiro atoms. The predicted molar refractivity (Wildman–Crippen MR) is 124 cm³/mol. The van der Waals surface area contributed by atoms with Crippen molar-refractivity contribution in [2.45, 2.75) is 31.8 Å². The summed E-state index contributed by atoms with van der Waals surface area (Å²) in [7, 11) is 1.42. The van der Waals surface area contributed by atoms with Crippen LogP contribution in [0.3, 0.4) is 0 Å². The number of aryl methyl sites for hydroxylation is 1. The minimum atomic E-state index is -0.209. The smallest absolute Gasteiger partial charge is 0.305 e. The van der Waals surface area contributed by atoms with Crippen molar-refractivity contribution >= 4 is 23.3 Å². The molecule has 1 aromatic carbocycles. The van der Waals surface area contributed by atoms with E-state index in [1.54, 1.807) is 6.20 Å². The molecule has 2 atom stereocenters. The van der Waals surface area contributed by atoms with Crippen LogP contribution in [-0.2, 0) is 9.53 Å². The Bertz CT molecular complexity index is 1050. The summed E-state index contributed by atoms with van der Waals surface area (Å²) in [5.41, 5.74) is 4.31. The van der Waals surface area contributed by atoms with Gasteiger partial charge in [0.05, 0.1) is 24.9 Å². The molecule has 2 aromatic heterocycles. The lowest BCUT2D eigenvalue weighted by atomic mass is 10.0. The van der Waals surface area contributed by atoms with Crippen molar-refractivity contribution in [2.24, 2.45) is 0 Å². The summed E-state index contributed by atoms with van der Waals surface area (Å²) in [5.74, 6) is -0.209. The number of benzene rings is 1. The predicted octanol–water partition coefficient (Wildman–Crippen LogP) is 4.11. The zero-order valence-corrected chi connectivity index (χ0v) is 18.5. The van der Waals surface area contributed by atoms with E-state index in [-0.39, 0.29) is 18.1 Å². The van der Waals surface area contributed by atoms with Gasteiger partial charge in [-0.05, 0) is 62.0 Å². The highest BCUT2D eigenvalue weighted by Crippen LogP contribution is 2.40. The van der Waals surface area contributed by atoms with E-state index in [1.807, 2.05) is 36.4 Å². The Balaban J connectivity index is 1.74. The van der Waals surface area contributed by atoms with E-state index in [0.717, 1.165) is 22.8 Å². The maximum atomic E-state index is 11.6. The summed E-state index contributed by atoms with van der Waals surface area (Å²) in [4.78, 5) is 18.4. The fourth-order valence-corrected chi connectivity index (χ4v) is 4.51. The van der Waals surface area contributed by atoms with Gasteiger partial charge in [0.25, 0.3) is 0 Å². The SMILES string of the molecule is COC(=O)CCCN1C(=S)N[C@@H](c2ccccn2)[C@@H]1c1ccc(C)n1-c1ccccc1. The first-order valence-corrected chi connectivity index (χ1v) is 10.8. The van der Waals surface area contributed by atoms with Crippen LogP contribution in [0.4, 0.5) is 0 Å². The number of ether oxygens (including phenoxy) is 1. The number of nitrogens with one attached hydrogen (secondary N) is 1. The molecule has 3 aromatic rings. The van der Waals surface area contributed by atoms with Gasteiger partial charge in [0, 0.05) is 36.2 Å². The lowest BCUT2D eigenvalue weighted by molar-refractivity contribution is -0.140. The van der Waals surface area contributed by atoms with Gasteiger partial charge in [-0.15, -0.1) is 0 Å². The molecule has 6 nitrogen and oxygen atoms in total. The minimum Gasteiger partial charge on any atom is -0.469 e. The number of pyridine rings is 1. The summed E-state index contributed by atoms with van der Waals surface area (Å²) in [6.45, 7) is 2.75. The normalized spacial score (nSPS) is 18.1. The van der Waals surface area contributed by atoms with Gasteiger partial charge in [0.1, 0.15) is 0 Å². The molecule has 7 heteroatoms. The van der Waals surface area contributed by atoms with Gasteiger partial charge in [-0.3, -0.25) is 9.78 Å². The number of rotatable bonds is 7. The van der Waals surface area contributed by atoms with Crippen molar-refractivity contribution in [1.82, 2.24) is 19.8 Å². The molecule has 160 valence electrons. The molecule has 1 saturated heterocycles. The Labute approximate surface area is 187 Å². The molecule has 1 N–H and O–H groups in total. The monoisotopic (exact) mass is 434 g/mol. The maximum absolute atomic E-state index is 11.6. The summed E-state index contributed by atoms with van der Waals surface area (Å²) in [6.07, 6.45) is 2.82. The molecule has 1 fully saturated rings. The van der Waals surface area contributed by atoms with E-state index < -0.39 is 0 Å². The zero-order chi connectivity index (χ0) is 21.8. The van der Waals surface area contributed by atoms with Crippen LogP contribution in [0.25, 0.3) is 5.69 Å². The van der Waals surface area contributed by atoms with Crippen molar-refractivity contribution in [2.75, 3.05) is 13.7 Å². The van der Waals surface area contributed by atoms with Gasteiger partial charge in [0.2, 0.25) is 0 Å². The molecule has 31 heavy (non-hydrogen) atoms. The molecule has 3 heterocycles. The fraction of sp³-hybridized carbons (Fsp3) is 0.292. The fourth-order valence-electron chi connectivity index (χ4n) is 4.18. The largest absolute Gasteiger partial charge is 0.469 e. The van der Waals surface area contributed by atoms with Crippen molar-refractivity contribution in [3.8, 4) is 5.69 Å². The van der Waals surface area contributed by atoms with Crippen LogP contribution in [0.2, 0.25) is 0 Å². The molecular formula is C24H26N4O2S. The van der Waals surface area contributed by atoms with E-state index in [0.29, 0.717) is 24.5 Å². The van der Waals surface area contributed by atoms with Crippen LogP contribution < -0.4 is 5.32 Å². The van der Waals surface area contributed by atoms with Gasteiger partial charge in [-0.25, -0.2) is 0 Å². The number of carbonyl (C=O) groups excluding carboxylic acids is 1. The Morgan fingerprint density at radius 1 is 1.13 bits per heavy atom. The Morgan fingerprint density at radius 3 is 2.61 bits per heavy atom. The Kier molecular flexibility index (Phi) is 6.32. The van der Waals surface area contributed by atoms with Crippen LogP contribution in [0, 0.1) is 6.92 Å². The standard InChI is InChI=1S/C24H26N4O2S/c1-17-13-14-20(28(17)18-9-4-3-5-10-18)23-22(19-11-6-7-15-25-19)26-24(31)27(23)16-8-12-21(29)30-2/h3-7,9-11,13-15,22-23H,8,12,16H2,1-2H3,(H,26,31)/t22-,23-/m0/s1. The average molecular weight is 435 g/mol. The van der Waals surface area contributed by atoms with Crippen molar-refractivity contribution < 1.29 is 9.53 Å². The number of methoxy groups -OCH3 is 1. The van der Waals surface area contributed by atoms with E-state index in [4.69, 9.17) is 17.0 Å². The van der Waals surface area contributed by atoms with Gasteiger partial charge < -0.3 is 19.5 Å². The molecule has 1 aliphatic rings. The molecule has 0 saturated carbocycles. The second kappa shape index (κ2) is 9.31. The molecule has 0 aliphatic carbocycles. The number of thiocarbonyl (C=S) groups is 1. The summed E-state index contributed by atoms with van der Waals surface area (Å²) in [6, 6.07) is 20.4. The van der Waals surface area contributed by atoms with Gasteiger partial charge in [0.15, 0.2) is 5.11 Å². The number of aromatic nitrogens is 2. The zero-order valence-electron chi connectivity index (χ0n) is 17.7. The number of hydrogen-bond acceptors (Lipinski definition) is 4. The highest BCUT2D eigenvalue weighted by Gasteiger charge is 2.41. The molecule has 0 radical (unpaired) electrons. The third-order valence-corrected chi connectivity index (χ3v) is 5.98. The third kappa shape index (κ3) is 4.32. The second-order valence-corrected chi connectivity index (χ2v) is 7.96. The molecule has 1 aliphatic heterocycles. The Hall–Kier alpha value is -3.19. The van der Waals surface area contributed by atoms with Crippen molar-refractivity contribution in [3.05, 3.63) is 83.9 Å². The number of esters is 1. The highest BCUT2D eigenvalue weighted by atomic mass is 32.1. The van der Waals surface area contributed by atoms with Crippen LogP contribution in [0.1, 0.15) is 42.0 Å². The average Bonchev–Trinajstić information content (AvgIpc) is 3.34. The topological polar surface area (TPSA) is 59.4 Å². The molecule has 4 rings (SSSR count). The third-order valence-electron chi connectivity index (χ3n) is 5.63. The van der Waals surface area contributed by atoms with Gasteiger partial charge in [-0.1, -0.05) is 24.3 Å². The summed E-state index contributed by atoms with van der Waals surface area (Å²) >= 11 is 5.73. The highest BCUT2D eigenvalue weighted by molar-refractivity contribution is 7.80. The number of carbonyl (C=O) groups is 1. The van der Waals surface area contributed by atoms with Crippen LogP contribution in [0.15, 0.2) is 66.9 Å². The quantitative estimate of drug-likeness (QED) is 0.446.